The fraction of sp³-hybridized carbons (Fsp3) is 0.519. The van der Waals surface area contributed by atoms with Crippen molar-refractivity contribution in [2.45, 2.75) is 51.8 Å². The molecular weight excluding hydrogens is 566 g/mol. The third-order valence-electron chi connectivity index (χ3n) is 6.80. The predicted octanol–water partition coefficient (Wildman–Crippen LogP) is 4.61. The molecule has 9 nitrogen and oxygen atoms in total. The number of benzene rings is 1. The zero-order valence-corrected chi connectivity index (χ0v) is 23.9. The average Bonchev–Trinajstić information content (AvgIpc) is 3.29. The zero-order valence-electron chi connectivity index (χ0n) is 22.3. The molecule has 3 amide bonds. The van der Waals surface area contributed by atoms with Gasteiger partial charge >= 0.3 is 6.61 Å². The van der Waals surface area contributed by atoms with Crippen LogP contribution in [0.2, 0.25) is 4.34 Å². The molecule has 2 N–H and O–H groups in total. The first-order chi connectivity index (χ1) is 19.1. The van der Waals surface area contributed by atoms with E-state index >= 15 is 0 Å². The minimum absolute atomic E-state index is 0.0458. The van der Waals surface area contributed by atoms with E-state index in [1.807, 2.05) is 0 Å². The van der Waals surface area contributed by atoms with Gasteiger partial charge in [-0.25, -0.2) is 0 Å². The van der Waals surface area contributed by atoms with E-state index in [9.17, 15) is 23.2 Å². The third-order valence-corrected chi connectivity index (χ3v) is 8.03. The molecule has 13 heteroatoms. The van der Waals surface area contributed by atoms with E-state index < -0.39 is 18.6 Å². The van der Waals surface area contributed by atoms with Crippen molar-refractivity contribution in [3.8, 4) is 5.75 Å². The molecule has 1 saturated carbocycles. The summed E-state index contributed by atoms with van der Waals surface area (Å²) in [5, 5.41) is 5.68. The quantitative estimate of drug-likeness (QED) is 0.370. The summed E-state index contributed by atoms with van der Waals surface area (Å²) in [5.74, 6) is -1.08. The van der Waals surface area contributed by atoms with Crippen molar-refractivity contribution in [1.29, 1.82) is 0 Å². The number of carbonyl (C=O) groups excluding carboxylic acids is 3. The number of anilines is 2. The van der Waals surface area contributed by atoms with Crippen LogP contribution < -0.4 is 20.3 Å². The fourth-order valence-electron chi connectivity index (χ4n) is 4.75. The van der Waals surface area contributed by atoms with Crippen LogP contribution in [-0.2, 0) is 14.3 Å². The van der Waals surface area contributed by atoms with Crippen molar-refractivity contribution in [2.24, 2.45) is 5.92 Å². The Labute approximate surface area is 240 Å². The summed E-state index contributed by atoms with van der Waals surface area (Å²) in [5.41, 5.74) is 0.394. The predicted molar refractivity (Wildman–Crippen MR) is 150 cm³/mol. The summed E-state index contributed by atoms with van der Waals surface area (Å²) in [6.07, 6.45) is 2.95. The largest absolute Gasteiger partial charge is 0.433 e. The van der Waals surface area contributed by atoms with Crippen molar-refractivity contribution >= 4 is 52.0 Å². The van der Waals surface area contributed by atoms with Gasteiger partial charge in [0.2, 0.25) is 5.91 Å². The first-order valence-corrected chi connectivity index (χ1v) is 14.4. The van der Waals surface area contributed by atoms with Crippen LogP contribution in [0.4, 0.5) is 20.2 Å². The SMILES string of the molecule is CC(C)CN(C1CCC1)[C@H](CNC(=O)c1ccc(Cl)s1)C(=O)Nc1ccc(N2CCOCC2=O)c(OC(F)F)c1. The maximum atomic E-state index is 13.7. The van der Waals surface area contributed by atoms with E-state index in [0.717, 1.165) is 30.6 Å². The molecule has 4 rings (SSSR count). The molecule has 0 spiro atoms. The number of nitrogens with one attached hydrogen (secondary N) is 2. The lowest BCUT2D eigenvalue weighted by Gasteiger charge is -2.42. The molecule has 218 valence electrons. The Hall–Kier alpha value is -2.80. The van der Waals surface area contributed by atoms with Gasteiger partial charge in [-0.15, -0.1) is 11.3 Å². The fourth-order valence-corrected chi connectivity index (χ4v) is 5.71. The van der Waals surface area contributed by atoms with Gasteiger partial charge in [0.05, 0.1) is 21.5 Å². The van der Waals surface area contributed by atoms with Crippen LogP contribution in [0, 0.1) is 5.92 Å². The molecule has 2 aliphatic rings. The van der Waals surface area contributed by atoms with E-state index in [1.54, 1.807) is 12.1 Å². The Morgan fingerprint density at radius 3 is 2.62 bits per heavy atom. The van der Waals surface area contributed by atoms with E-state index in [2.05, 4.69) is 29.4 Å². The second kappa shape index (κ2) is 13.7. The summed E-state index contributed by atoms with van der Waals surface area (Å²) in [6.45, 7) is 1.97. The van der Waals surface area contributed by atoms with Crippen molar-refractivity contribution < 1.29 is 32.6 Å². The summed E-state index contributed by atoms with van der Waals surface area (Å²) >= 11 is 7.12. The molecule has 0 unspecified atom stereocenters. The standard InChI is InChI=1S/C27H33ClF2N4O5S/c1-16(2)14-34(18-4-3-5-18)20(13-31-26(37)22-8-9-23(28)40-22)25(36)32-17-6-7-19(21(12-17)39-27(29)30)33-10-11-38-15-24(33)35/h6-9,12,16,18,20,27H,3-5,10-11,13-15H2,1-2H3,(H,31,37)(H,32,36)/t20-/m1/s1. The lowest BCUT2D eigenvalue weighted by Crippen LogP contribution is -2.57. The summed E-state index contributed by atoms with van der Waals surface area (Å²) < 4.78 is 36.9. The van der Waals surface area contributed by atoms with Gasteiger partial charge in [0, 0.05) is 37.4 Å². The number of nitrogens with zero attached hydrogens (tertiary/aromatic N) is 2. The molecule has 0 bridgehead atoms. The van der Waals surface area contributed by atoms with E-state index in [4.69, 9.17) is 21.1 Å². The van der Waals surface area contributed by atoms with Crippen LogP contribution in [0.1, 0.15) is 42.8 Å². The smallest absolute Gasteiger partial charge is 0.387 e. The number of morpholine rings is 1. The van der Waals surface area contributed by atoms with Gasteiger partial charge in [-0.2, -0.15) is 8.78 Å². The molecular formula is C27H33ClF2N4O5S. The number of amides is 3. The minimum Gasteiger partial charge on any atom is -0.433 e. The Kier molecular flexibility index (Phi) is 10.3. The van der Waals surface area contributed by atoms with Gasteiger partial charge in [-0.05, 0) is 43.0 Å². The van der Waals surface area contributed by atoms with E-state index in [0.29, 0.717) is 15.8 Å². The Balaban J connectivity index is 1.57. The molecule has 1 aromatic heterocycles. The summed E-state index contributed by atoms with van der Waals surface area (Å²) in [6, 6.07) is 7.02. The molecule has 1 aliphatic carbocycles. The van der Waals surface area contributed by atoms with Crippen LogP contribution in [0.3, 0.4) is 0 Å². The maximum absolute atomic E-state index is 13.7. The first-order valence-electron chi connectivity index (χ1n) is 13.2. The molecule has 2 fully saturated rings. The second-order valence-corrected chi connectivity index (χ2v) is 11.9. The lowest BCUT2D eigenvalue weighted by atomic mass is 9.89. The Bertz CT molecular complexity index is 1210. The van der Waals surface area contributed by atoms with Gasteiger partial charge in [0.15, 0.2) is 5.75 Å². The number of hydrogen-bond acceptors (Lipinski definition) is 7. The average molecular weight is 599 g/mol. The highest BCUT2D eigenvalue weighted by atomic mass is 35.5. The monoisotopic (exact) mass is 598 g/mol. The number of hydrogen-bond donors (Lipinski definition) is 2. The molecule has 1 aromatic carbocycles. The molecule has 2 heterocycles. The van der Waals surface area contributed by atoms with Crippen molar-refractivity contribution in [3.05, 3.63) is 39.5 Å². The Morgan fingerprint density at radius 1 is 1.25 bits per heavy atom. The van der Waals surface area contributed by atoms with Crippen molar-refractivity contribution in [3.63, 3.8) is 0 Å². The number of rotatable bonds is 12. The molecule has 2 aromatic rings. The van der Waals surface area contributed by atoms with Gasteiger partial charge in [0.1, 0.15) is 12.6 Å². The zero-order chi connectivity index (χ0) is 28.8. The molecule has 40 heavy (non-hydrogen) atoms. The minimum atomic E-state index is -3.13. The normalized spacial score (nSPS) is 16.8. The molecule has 0 radical (unpaired) electrons. The van der Waals surface area contributed by atoms with Crippen LogP contribution in [0.5, 0.6) is 5.75 Å². The topological polar surface area (TPSA) is 100 Å². The maximum Gasteiger partial charge on any atom is 0.387 e. The van der Waals surface area contributed by atoms with Crippen LogP contribution >= 0.6 is 22.9 Å². The number of carbonyl (C=O) groups is 3. The number of ether oxygens (including phenoxy) is 2. The molecule has 1 aliphatic heterocycles. The Morgan fingerprint density at radius 2 is 2.02 bits per heavy atom. The summed E-state index contributed by atoms with van der Waals surface area (Å²) in [4.78, 5) is 42.7. The van der Waals surface area contributed by atoms with Gasteiger partial charge in [-0.1, -0.05) is 31.9 Å². The van der Waals surface area contributed by atoms with Crippen LogP contribution in [0.25, 0.3) is 0 Å². The van der Waals surface area contributed by atoms with Crippen LogP contribution in [0.15, 0.2) is 30.3 Å². The second-order valence-electron chi connectivity index (χ2n) is 10.2. The highest BCUT2D eigenvalue weighted by Gasteiger charge is 2.35. The highest BCUT2D eigenvalue weighted by molar-refractivity contribution is 7.18. The number of halogens is 3. The van der Waals surface area contributed by atoms with E-state index in [-0.39, 0.29) is 67.2 Å². The molecule has 1 atom stereocenters. The van der Waals surface area contributed by atoms with Crippen molar-refractivity contribution in [1.82, 2.24) is 10.2 Å². The third kappa shape index (κ3) is 7.68. The highest BCUT2D eigenvalue weighted by Crippen LogP contribution is 2.34. The van der Waals surface area contributed by atoms with Gasteiger partial charge < -0.3 is 25.0 Å². The van der Waals surface area contributed by atoms with Gasteiger partial charge in [-0.3, -0.25) is 19.3 Å². The van der Waals surface area contributed by atoms with E-state index in [1.165, 1.54) is 23.1 Å². The van der Waals surface area contributed by atoms with Crippen LogP contribution in [-0.4, -0.2) is 74.2 Å². The first kappa shape index (κ1) is 30.2. The molecule has 1 saturated heterocycles. The van der Waals surface area contributed by atoms with Gasteiger partial charge in [0.25, 0.3) is 11.8 Å². The number of thiophene rings is 1. The van der Waals surface area contributed by atoms with Crippen molar-refractivity contribution in [2.75, 3.05) is 43.1 Å². The summed E-state index contributed by atoms with van der Waals surface area (Å²) in [7, 11) is 0. The number of alkyl halides is 2. The lowest BCUT2D eigenvalue weighted by molar-refractivity contribution is -0.126.